The maximum Gasteiger partial charge on any atom is 0.335 e. The number of hydrogen-bond acceptors (Lipinski definition) is 2. The molecule has 0 spiro atoms. The normalized spacial score (nSPS) is 31.9. The molecule has 0 heterocycles. The van der Waals surface area contributed by atoms with E-state index in [2.05, 4.69) is 33.9 Å². The number of aromatic hydroxyl groups is 1. The molecule has 3 heteroatoms. The molecule has 2 aliphatic carbocycles. The molecule has 0 amide bonds. The number of benzene rings is 1. The zero-order valence-corrected chi connectivity index (χ0v) is 18.3. The number of hydrogen-bond donors (Lipinski definition) is 2. The second-order valence-corrected chi connectivity index (χ2v) is 10.1. The van der Waals surface area contributed by atoms with E-state index >= 15 is 0 Å². The fraction of sp³-hybridized carbons (Fsp3) is 0.577. The van der Waals surface area contributed by atoms with Crippen molar-refractivity contribution in [3.63, 3.8) is 0 Å². The Balaban J connectivity index is 1.99. The van der Waals surface area contributed by atoms with E-state index in [0.29, 0.717) is 5.92 Å². The van der Waals surface area contributed by atoms with Crippen molar-refractivity contribution in [2.24, 2.45) is 16.7 Å². The summed E-state index contributed by atoms with van der Waals surface area (Å²) in [5.74, 6) is -0.223. The molecule has 3 rings (SSSR count). The van der Waals surface area contributed by atoms with Crippen molar-refractivity contribution in [2.75, 3.05) is 0 Å². The second kappa shape index (κ2) is 8.01. The molecule has 4 atom stereocenters. The number of phenols is 1. The summed E-state index contributed by atoms with van der Waals surface area (Å²) >= 11 is 0. The van der Waals surface area contributed by atoms with Crippen LogP contribution in [0.1, 0.15) is 94.0 Å². The molecule has 2 aliphatic rings. The SMILES string of the molecule is C=C(C)CCC[C@@]1(C)CCC[C@]2(C)[C@@H]1CCC(=C)[C@H]2c1cc(C(=O)O)ccc1O. The molecule has 2 saturated carbocycles. The molecule has 0 aromatic heterocycles. The highest BCUT2D eigenvalue weighted by atomic mass is 16.4. The van der Waals surface area contributed by atoms with Crippen LogP contribution in [0.2, 0.25) is 0 Å². The molecule has 29 heavy (non-hydrogen) atoms. The molecular weight excluding hydrogens is 360 g/mol. The number of phenolic OH excluding ortho intramolecular Hbond substituents is 1. The Bertz CT molecular complexity index is 823. The first-order valence-corrected chi connectivity index (χ1v) is 11.0. The summed E-state index contributed by atoms with van der Waals surface area (Å²) in [7, 11) is 0. The predicted molar refractivity (Wildman–Crippen MR) is 118 cm³/mol. The van der Waals surface area contributed by atoms with Gasteiger partial charge in [-0.2, -0.15) is 0 Å². The number of carboxylic acid groups (broad SMARTS) is 1. The van der Waals surface area contributed by atoms with Gasteiger partial charge < -0.3 is 10.2 Å². The van der Waals surface area contributed by atoms with Crippen molar-refractivity contribution in [3.05, 3.63) is 53.6 Å². The summed E-state index contributed by atoms with van der Waals surface area (Å²) < 4.78 is 0. The van der Waals surface area contributed by atoms with Gasteiger partial charge >= 0.3 is 5.97 Å². The molecule has 1 aromatic rings. The molecule has 0 saturated heterocycles. The molecule has 158 valence electrons. The lowest BCUT2D eigenvalue weighted by atomic mass is 9.45. The highest BCUT2D eigenvalue weighted by molar-refractivity contribution is 5.88. The van der Waals surface area contributed by atoms with Gasteiger partial charge in [-0.1, -0.05) is 38.0 Å². The molecule has 3 nitrogen and oxygen atoms in total. The van der Waals surface area contributed by atoms with Gasteiger partial charge in [0.1, 0.15) is 5.75 Å². The van der Waals surface area contributed by atoms with Crippen molar-refractivity contribution in [1.82, 2.24) is 0 Å². The Morgan fingerprint density at radius 1 is 1.28 bits per heavy atom. The fourth-order valence-corrected chi connectivity index (χ4v) is 6.57. The zero-order chi connectivity index (χ0) is 21.4. The van der Waals surface area contributed by atoms with Crippen LogP contribution < -0.4 is 0 Å². The van der Waals surface area contributed by atoms with E-state index in [1.54, 1.807) is 6.07 Å². The van der Waals surface area contributed by atoms with Crippen LogP contribution in [0.5, 0.6) is 5.75 Å². The Labute approximate surface area is 175 Å². The Hall–Kier alpha value is -2.03. The van der Waals surface area contributed by atoms with Crippen molar-refractivity contribution in [2.45, 2.75) is 78.1 Å². The Morgan fingerprint density at radius 2 is 2.00 bits per heavy atom. The predicted octanol–water partition coefficient (Wildman–Crippen LogP) is 7.08. The van der Waals surface area contributed by atoms with Crippen molar-refractivity contribution >= 4 is 5.97 Å². The summed E-state index contributed by atoms with van der Waals surface area (Å²) in [5, 5.41) is 20.2. The average Bonchev–Trinajstić information content (AvgIpc) is 2.62. The van der Waals surface area contributed by atoms with Crippen molar-refractivity contribution in [1.29, 1.82) is 0 Å². The topological polar surface area (TPSA) is 57.5 Å². The van der Waals surface area contributed by atoms with E-state index in [1.165, 1.54) is 43.4 Å². The number of carbonyl (C=O) groups is 1. The van der Waals surface area contributed by atoms with Gasteiger partial charge in [0.15, 0.2) is 0 Å². The highest BCUT2D eigenvalue weighted by Crippen LogP contribution is 2.65. The Kier molecular flexibility index (Phi) is 5.98. The third-order valence-electron chi connectivity index (χ3n) is 7.86. The van der Waals surface area contributed by atoms with Crippen LogP contribution in [0.15, 0.2) is 42.5 Å². The average molecular weight is 397 g/mol. The van der Waals surface area contributed by atoms with Crippen LogP contribution in [0.4, 0.5) is 0 Å². The van der Waals surface area contributed by atoms with Crippen LogP contribution >= 0.6 is 0 Å². The molecule has 0 radical (unpaired) electrons. The van der Waals surface area contributed by atoms with Gasteiger partial charge in [0.2, 0.25) is 0 Å². The van der Waals surface area contributed by atoms with Gasteiger partial charge in [-0.25, -0.2) is 4.79 Å². The minimum absolute atomic E-state index is 0.00122. The Morgan fingerprint density at radius 3 is 2.66 bits per heavy atom. The smallest absolute Gasteiger partial charge is 0.335 e. The van der Waals surface area contributed by atoms with E-state index in [4.69, 9.17) is 0 Å². The van der Waals surface area contributed by atoms with Gasteiger partial charge in [0.25, 0.3) is 0 Å². The lowest BCUT2D eigenvalue weighted by Crippen LogP contribution is -2.49. The van der Waals surface area contributed by atoms with Gasteiger partial charge in [-0.15, -0.1) is 6.58 Å². The molecule has 1 aromatic carbocycles. The summed E-state index contributed by atoms with van der Waals surface area (Å²) in [5.41, 5.74) is 3.61. The number of carboxylic acids is 1. The van der Waals surface area contributed by atoms with Crippen LogP contribution in [0.25, 0.3) is 0 Å². The third-order valence-corrected chi connectivity index (χ3v) is 7.86. The third kappa shape index (κ3) is 4.01. The lowest BCUT2D eigenvalue weighted by Gasteiger charge is -2.59. The minimum atomic E-state index is -0.956. The number of aromatic carboxylic acids is 1. The molecular formula is C26H36O3. The van der Waals surface area contributed by atoms with Crippen LogP contribution in [-0.4, -0.2) is 16.2 Å². The largest absolute Gasteiger partial charge is 0.508 e. The first kappa shape index (κ1) is 21.7. The fourth-order valence-electron chi connectivity index (χ4n) is 6.57. The van der Waals surface area contributed by atoms with E-state index in [-0.39, 0.29) is 28.1 Å². The summed E-state index contributed by atoms with van der Waals surface area (Å²) in [4.78, 5) is 11.6. The highest BCUT2D eigenvalue weighted by Gasteiger charge is 2.55. The number of fused-ring (bicyclic) bond motifs is 1. The molecule has 0 unspecified atom stereocenters. The summed E-state index contributed by atoms with van der Waals surface area (Å²) in [6.45, 7) is 15.4. The van der Waals surface area contributed by atoms with Crippen LogP contribution in [0.3, 0.4) is 0 Å². The quantitative estimate of drug-likeness (QED) is 0.505. The number of rotatable bonds is 6. The maximum absolute atomic E-state index is 11.6. The summed E-state index contributed by atoms with van der Waals surface area (Å²) in [6, 6.07) is 4.69. The molecule has 0 aliphatic heterocycles. The lowest BCUT2D eigenvalue weighted by molar-refractivity contribution is -0.0470. The molecule has 2 fully saturated rings. The van der Waals surface area contributed by atoms with Gasteiger partial charge in [-0.05, 0) is 86.8 Å². The van der Waals surface area contributed by atoms with Crippen LogP contribution in [-0.2, 0) is 0 Å². The first-order chi connectivity index (χ1) is 13.6. The monoisotopic (exact) mass is 396 g/mol. The van der Waals surface area contributed by atoms with E-state index < -0.39 is 5.97 Å². The zero-order valence-electron chi connectivity index (χ0n) is 18.3. The van der Waals surface area contributed by atoms with Gasteiger partial charge in [-0.3, -0.25) is 0 Å². The van der Waals surface area contributed by atoms with Gasteiger partial charge in [0.05, 0.1) is 5.56 Å². The van der Waals surface area contributed by atoms with Crippen molar-refractivity contribution in [3.8, 4) is 5.75 Å². The second-order valence-electron chi connectivity index (χ2n) is 10.1. The van der Waals surface area contributed by atoms with Crippen molar-refractivity contribution < 1.29 is 15.0 Å². The van der Waals surface area contributed by atoms with E-state index in [1.807, 2.05) is 0 Å². The minimum Gasteiger partial charge on any atom is -0.508 e. The van der Waals surface area contributed by atoms with Crippen LogP contribution in [0, 0.1) is 16.7 Å². The molecule has 0 bridgehead atoms. The number of allylic oxidation sites excluding steroid dienone is 2. The van der Waals surface area contributed by atoms with E-state index in [0.717, 1.165) is 36.8 Å². The van der Waals surface area contributed by atoms with Gasteiger partial charge in [0, 0.05) is 11.5 Å². The molecule has 2 N–H and O–H groups in total. The summed E-state index contributed by atoms with van der Waals surface area (Å²) in [6.07, 6.45) is 9.02. The first-order valence-electron chi connectivity index (χ1n) is 11.0. The standard InChI is InChI=1S/C26H36O3/c1-17(2)8-6-13-25(4)14-7-15-26(5)22(25)12-9-18(3)23(26)20-16-19(24(28)29)10-11-21(20)27/h10-11,16,22-23,27H,1,3,6-9,12-15H2,2,4-5H3,(H,28,29)/t22-,23+,25+,26-/m1/s1. The maximum atomic E-state index is 11.6. The van der Waals surface area contributed by atoms with E-state index in [9.17, 15) is 15.0 Å².